The molecule has 1 rings (SSSR count). The summed E-state index contributed by atoms with van der Waals surface area (Å²) in [5, 5.41) is 11.6. The third kappa shape index (κ3) is 5.49. The Bertz CT molecular complexity index is 349. The Kier molecular flexibility index (Phi) is 4.48. The topological polar surface area (TPSA) is 75.6 Å². The summed E-state index contributed by atoms with van der Waals surface area (Å²) in [6.07, 6.45) is 1.27. The summed E-state index contributed by atoms with van der Waals surface area (Å²) in [4.78, 5) is 22.6. The van der Waals surface area contributed by atoms with Crippen molar-refractivity contribution in [1.29, 1.82) is 0 Å². The molecule has 1 saturated carbocycles. The van der Waals surface area contributed by atoms with Gasteiger partial charge in [0.05, 0.1) is 6.42 Å². The number of carboxylic acids is 1. The van der Waals surface area contributed by atoms with E-state index in [1.165, 1.54) is 0 Å². The lowest BCUT2D eigenvalue weighted by Crippen LogP contribution is -2.50. The lowest BCUT2D eigenvalue weighted by atomic mass is 9.61. The Hall–Kier alpha value is -1.26. The molecule has 0 aromatic rings. The van der Waals surface area contributed by atoms with Crippen LogP contribution in [0.3, 0.4) is 0 Å². The van der Waals surface area contributed by atoms with E-state index in [1.807, 2.05) is 0 Å². The van der Waals surface area contributed by atoms with Crippen LogP contribution in [0.2, 0.25) is 0 Å². The van der Waals surface area contributed by atoms with E-state index in [0.29, 0.717) is 0 Å². The number of carboxylic acid groups (broad SMARTS) is 1. The second kappa shape index (κ2) is 5.39. The molecule has 1 unspecified atom stereocenters. The van der Waals surface area contributed by atoms with Crippen molar-refractivity contribution in [3.63, 3.8) is 0 Å². The van der Waals surface area contributed by atoms with Crippen LogP contribution in [0.15, 0.2) is 0 Å². The van der Waals surface area contributed by atoms with Crippen LogP contribution < -0.4 is 5.32 Å². The van der Waals surface area contributed by atoms with Crippen LogP contribution in [0, 0.1) is 11.3 Å². The molecule has 0 radical (unpaired) electrons. The molecule has 0 aliphatic heterocycles. The van der Waals surface area contributed by atoms with E-state index in [4.69, 9.17) is 9.84 Å². The van der Waals surface area contributed by atoms with E-state index in [-0.39, 0.29) is 23.8 Å². The van der Waals surface area contributed by atoms with Crippen molar-refractivity contribution in [1.82, 2.24) is 5.32 Å². The van der Waals surface area contributed by atoms with Crippen molar-refractivity contribution >= 4 is 12.1 Å². The Morgan fingerprint density at radius 1 is 1.37 bits per heavy atom. The Labute approximate surface area is 114 Å². The number of aliphatic carboxylic acids is 1. The van der Waals surface area contributed by atoms with E-state index in [1.54, 1.807) is 20.8 Å². The van der Waals surface area contributed by atoms with Gasteiger partial charge in [-0.25, -0.2) is 4.79 Å². The number of hydrogen-bond acceptors (Lipinski definition) is 3. The lowest BCUT2D eigenvalue weighted by Gasteiger charge is -2.46. The summed E-state index contributed by atoms with van der Waals surface area (Å²) in [6, 6.07) is -0.347. The predicted molar refractivity (Wildman–Crippen MR) is 71.9 cm³/mol. The maximum atomic E-state index is 11.7. The Morgan fingerprint density at radius 3 is 2.26 bits per heavy atom. The molecular weight excluding hydrogens is 246 g/mol. The number of carbonyl (C=O) groups excluding carboxylic acids is 1. The minimum Gasteiger partial charge on any atom is -0.481 e. The average molecular weight is 271 g/mol. The molecule has 19 heavy (non-hydrogen) atoms. The minimum atomic E-state index is -0.897. The van der Waals surface area contributed by atoms with Crippen molar-refractivity contribution in [3.05, 3.63) is 0 Å². The fourth-order valence-corrected chi connectivity index (χ4v) is 2.63. The summed E-state index contributed by atoms with van der Waals surface area (Å²) in [6.45, 7) is 9.64. The van der Waals surface area contributed by atoms with Gasteiger partial charge in [-0.2, -0.15) is 0 Å². The first-order valence-corrected chi connectivity index (χ1v) is 6.70. The standard InChI is InChI=1S/C14H25NO4/c1-13(2,3)19-12(18)15-10(6-11(16)17)9-7-14(4,5)8-9/h9-10H,6-8H2,1-5H3,(H,15,18)(H,16,17). The first-order valence-electron chi connectivity index (χ1n) is 6.70. The molecule has 0 spiro atoms. The maximum absolute atomic E-state index is 11.7. The highest BCUT2D eigenvalue weighted by atomic mass is 16.6. The first kappa shape index (κ1) is 15.8. The normalized spacial score (nSPS) is 20.3. The van der Waals surface area contributed by atoms with Crippen LogP contribution >= 0.6 is 0 Å². The monoisotopic (exact) mass is 271 g/mol. The third-order valence-electron chi connectivity index (χ3n) is 3.30. The Balaban J connectivity index is 2.56. The number of nitrogens with one attached hydrogen (secondary N) is 1. The highest BCUT2D eigenvalue weighted by Gasteiger charge is 2.42. The molecule has 0 aromatic carbocycles. The van der Waals surface area contributed by atoms with E-state index >= 15 is 0 Å². The predicted octanol–water partition coefficient (Wildman–Crippen LogP) is 2.79. The highest BCUT2D eigenvalue weighted by molar-refractivity contribution is 5.71. The minimum absolute atomic E-state index is 0.0556. The third-order valence-corrected chi connectivity index (χ3v) is 3.30. The van der Waals surface area contributed by atoms with E-state index < -0.39 is 17.7 Å². The molecule has 0 aromatic heterocycles. The van der Waals surface area contributed by atoms with Crippen molar-refractivity contribution < 1.29 is 19.4 Å². The number of ether oxygens (including phenoxy) is 1. The van der Waals surface area contributed by atoms with Crippen LogP contribution in [0.4, 0.5) is 4.79 Å². The van der Waals surface area contributed by atoms with Crippen LogP contribution in [0.1, 0.15) is 53.9 Å². The average Bonchev–Trinajstić information content (AvgIpc) is 2.08. The van der Waals surface area contributed by atoms with Crippen molar-refractivity contribution in [2.75, 3.05) is 0 Å². The van der Waals surface area contributed by atoms with Crippen LogP contribution in [-0.4, -0.2) is 28.8 Å². The molecule has 1 fully saturated rings. The zero-order valence-electron chi connectivity index (χ0n) is 12.4. The summed E-state index contributed by atoms with van der Waals surface area (Å²) in [7, 11) is 0. The second-order valence-corrected chi connectivity index (χ2v) is 7.18. The van der Waals surface area contributed by atoms with Gasteiger partial charge in [-0.1, -0.05) is 13.8 Å². The Morgan fingerprint density at radius 2 is 1.89 bits per heavy atom. The SMILES string of the molecule is CC1(C)CC(C(CC(=O)O)NC(=O)OC(C)(C)C)C1. The number of rotatable bonds is 4. The van der Waals surface area contributed by atoms with Gasteiger partial charge >= 0.3 is 12.1 Å². The smallest absolute Gasteiger partial charge is 0.407 e. The van der Waals surface area contributed by atoms with E-state index in [2.05, 4.69) is 19.2 Å². The lowest BCUT2D eigenvalue weighted by molar-refractivity contribution is -0.138. The van der Waals surface area contributed by atoms with E-state index in [9.17, 15) is 9.59 Å². The molecule has 1 atom stereocenters. The molecule has 1 amide bonds. The van der Waals surface area contributed by atoms with Crippen molar-refractivity contribution in [2.45, 2.75) is 65.5 Å². The van der Waals surface area contributed by atoms with Gasteiger partial charge in [0, 0.05) is 6.04 Å². The number of carbonyl (C=O) groups is 2. The zero-order chi connectivity index (χ0) is 14.8. The molecule has 5 heteroatoms. The van der Waals surface area contributed by atoms with Crippen molar-refractivity contribution in [3.8, 4) is 0 Å². The van der Waals surface area contributed by atoms with Gasteiger partial charge < -0.3 is 15.2 Å². The fourth-order valence-electron chi connectivity index (χ4n) is 2.63. The van der Waals surface area contributed by atoms with Crippen molar-refractivity contribution in [2.24, 2.45) is 11.3 Å². The largest absolute Gasteiger partial charge is 0.481 e. The zero-order valence-corrected chi connectivity index (χ0v) is 12.4. The van der Waals surface area contributed by atoms with Gasteiger partial charge in [0.15, 0.2) is 0 Å². The number of alkyl carbamates (subject to hydrolysis) is 1. The molecule has 0 heterocycles. The second-order valence-electron chi connectivity index (χ2n) is 7.18. The molecule has 5 nitrogen and oxygen atoms in total. The summed E-state index contributed by atoms with van der Waals surface area (Å²) >= 11 is 0. The van der Waals surface area contributed by atoms with Gasteiger partial charge in [-0.15, -0.1) is 0 Å². The van der Waals surface area contributed by atoms with Gasteiger partial charge in [0.1, 0.15) is 5.60 Å². The van der Waals surface area contributed by atoms with Gasteiger partial charge in [0.25, 0.3) is 0 Å². The van der Waals surface area contributed by atoms with Gasteiger partial charge in [0.2, 0.25) is 0 Å². The number of amides is 1. The molecular formula is C14H25NO4. The molecule has 0 bridgehead atoms. The fraction of sp³-hybridized carbons (Fsp3) is 0.857. The van der Waals surface area contributed by atoms with E-state index in [0.717, 1.165) is 12.8 Å². The highest BCUT2D eigenvalue weighted by Crippen LogP contribution is 2.46. The molecule has 1 aliphatic carbocycles. The number of hydrogen-bond donors (Lipinski definition) is 2. The first-order chi connectivity index (χ1) is 8.48. The maximum Gasteiger partial charge on any atom is 0.407 e. The van der Waals surface area contributed by atoms with Gasteiger partial charge in [-0.05, 0) is 44.9 Å². The van der Waals surface area contributed by atoms with Crippen LogP contribution in [-0.2, 0) is 9.53 Å². The molecule has 2 N–H and O–H groups in total. The van der Waals surface area contributed by atoms with Crippen LogP contribution in [0.5, 0.6) is 0 Å². The molecule has 0 saturated heterocycles. The summed E-state index contributed by atoms with van der Waals surface area (Å²) < 4.78 is 5.18. The van der Waals surface area contributed by atoms with Crippen LogP contribution in [0.25, 0.3) is 0 Å². The quantitative estimate of drug-likeness (QED) is 0.824. The molecule has 110 valence electrons. The summed E-state index contributed by atoms with van der Waals surface area (Å²) in [5.74, 6) is -0.676. The summed E-state index contributed by atoms with van der Waals surface area (Å²) in [5.41, 5.74) is -0.326. The van der Waals surface area contributed by atoms with Gasteiger partial charge in [-0.3, -0.25) is 4.79 Å². The molecule has 1 aliphatic rings.